The molecule has 6 heteroatoms. The molecule has 2 amide bonds. The van der Waals surface area contributed by atoms with Gasteiger partial charge in [0.2, 0.25) is 11.8 Å². The third kappa shape index (κ3) is 4.38. The van der Waals surface area contributed by atoms with Crippen molar-refractivity contribution in [3.63, 3.8) is 0 Å². The van der Waals surface area contributed by atoms with Crippen LogP contribution in [0.4, 0.5) is 0 Å². The molecule has 2 heterocycles. The second kappa shape index (κ2) is 8.78. The molecule has 1 aliphatic rings. The van der Waals surface area contributed by atoms with E-state index < -0.39 is 0 Å². The van der Waals surface area contributed by atoms with Gasteiger partial charge in [-0.1, -0.05) is 0 Å². The monoisotopic (exact) mass is 385 g/mol. The molecule has 3 rings (SSSR count). The summed E-state index contributed by atoms with van der Waals surface area (Å²) < 4.78 is 5.66. The highest BCUT2D eigenvalue weighted by molar-refractivity contribution is 5.88. The van der Waals surface area contributed by atoms with E-state index in [1.54, 1.807) is 6.26 Å². The maximum atomic E-state index is 12.8. The second-order valence-corrected chi connectivity index (χ2v) is 7.59. The lowest BCUT2D eigenvalue weighted by Crippen LogP contribution is -2.51. The van der Waals surface area contributed by atoms with Crippen LogP contribution in [0.15, 0.2) is 22.8 Å². The van der Waals surface area contributed by atoms with Crippen molar-refractivity contribution in [3.8, 4) is 0 Å². The number of rotatable bonds is 6. The van der Waals surface area contributed by atoms with Crippen LogP contribution in [0.2, 0.25) is 0 Å². The van der Waals surface area contributed by atoms with Crippen molar-refractivity contribution in [2.75, 3.05) is 45.8 Å². The van der Waals surface area contributed by atoms with Crippen LogP contribution in [0, 0.1) is 13.8 Å². The molecule has 1 saturated heterocycles. The van der Waals surface area contributed by atoms with Gasteiger partial charge in [0.05, 0.1) is 19.2 Å². The van der Waals surface area contributed by atoms with Gasteiger partial charge in [-0.15, -0.1) is 0 Å². The molecule has 1 aromatic heterocycles. The smallest absolute Gasteiger partial charge is 0.236 e. The van der Waals surface area contributed by atoms with Crippen LogP contribution in [0.5, 0.6) is 0 Å². The van der Waals surface area contributed by atoms with Gasteiger partial charge >= 0.3 is 0 Å². The maximum absolute atomic E-state index is 12.8. The molecule has 1 aromatic carbocycles. The summed E-state index contributed by atoms with van der Waals surface area (Å²) >= 11 is 0. The molecule has 0 atom stereocenters. The van der Waals surface area contributed by atoms with Crippen molar-refractivity contribution in [3.05, 3.63) is 35.1 Å². The molecule has 0 spiro atoms. The third-order valence-corrected chi connectivity index (χ3v) is 5.81. The van der Waals surface area contributed by atoms with Crippen LogP contribution in [0.3, 0.4) is 0 Å². The Labute approximate surface area is 167 Å². The minimum absolute atomic E-state index is 0.121. The van der Waals surface area contributed by atoms with Crippen LogP contribution < -0.4 is 0 Å². The molecule has 1 fully saturated rings. The van der Waals surface area contributed by atoms with Gasteiger partial charge in [-0.3, -0.25) is 14.5 Å². The van der Waals surface area contributed by atoms with Crippen LogP contribution in [0.1, 0.15) is 30.5 Å². The van der Waals surface area contributed by atoms with Crippen molar-refractivity contribution in [1.82, 2.24) is 14.7 Å². The van der Waals surface area contributed by atoms with Gasteiger partial charge in [-0.05, 0) is 51.0 Å². The molecule has 0 N–H and O–H groups in total. The number of piperazine rings is 1. The number of furan rings is 1. The first kappa shape index (κ1) is 20.4. The number of benzene rings is 1. The summed E-state index contributed by atoms with van der Waals surface area (Å²) in [5.41, 5.74) is 4.18. The van der Waals surface area contributed by atoms with Gasteiger partial charge in [0.25, 0.3) is 0 Å². The standard InChI is InChI=1S/C22H31N3O3/c1-5-24(6-2)22(27)14-23-7-9-25(10-8-23)21(26)13-18-15-28-20-12-17(4)16(3)11-19(18)20/h11-12,15H,5-10,13-14H2,1-4H3. The summed E-state index contributed by atoms with van der Waals surface area (Å²) in [6.07, 6.45) is 2.06. The molecule has 1 aliphatic heterocycles. The number of hydrogen-bond acceptors (Lipinski definition) is 4. The molecular formula is C22H31N3O3. The number of aryl methyl sites for hydroxylation is 2. The van der Waals surface area contributed by atoms with E-state index in [-0.39, 0.29) is 11.8 Å². The number of fused-ring (bicyclic) bond motifs is 1. The number of likely N-dealkylation sites (N-methyl/N-ethyl adjacent to an activating group) is 1. The molecule has 152 valence electrons. The Balaban J connectivity index is 1.56. The van der Waals surface area contributed by atoms with Gasteiger partial charge in [-0.25, -0.2) is 0 Å². The normalized spacial score (nSPS) is 15.2. The van der Waals surface area contributed by atoms with Crippen LogP contribution in [-0.4, -0.2) is 72.3 Å². The SMILES string of the molecule is CCN(CC)C(=O)CN1CCN(C(=O)Cc2coc3cc(C)c(C)cc23)CC1. The number of amides is 2. The highest BCUT2D eigenvalue weighted by atomic mass is 16.3. The molecule has 0 bridgehead atoms. The summed E-state index contributed by atoms with van der Waals surface area (Å²) in [4.78, 5) is 30.9. The predicted octanol–water partition coefficient (Wildman–Crippen LogP) is 2.60. The zero-order valence-electron chi connectivity index (χ0n) is 17.5. The lowest BCUT2D eigenvalue weighted by atomic mass is 10.0. The summed E-state index contributed by atoms with van der Waals surface area (Å²) in [7, 11) is 0. The summed E-state index contributed by atoms with van der Waals surface area (Å²) in [6, 6.07) is 4.14. The molecular weight excluding hydrogens is 354 g/mol. The zero-order chi connectivity index (χ0) is 20.3. The predicted molar refractivity (Wildman–Crippen MR) is 110 cm³/mol. The van der Waals surface area contributed by atoms with Gasteiger partial charge in [0.1, 0.15) is 5.58 Å². The second-order valence-electron chi connectivity index (χ2n) is 7.59. The first-order valence-corrected chi connectivity index (χ1v) is 10.2. The average molecular weight is 386 g/mol. The van der Waals surface area contributed by atoms with Gasteiger partial charge in [0.15, 0.2) is 0 Å². The van der Waals surface area contributed by atoms with E-state index in [1.807, 2.05) is 29.7 Å². The Bertz CT molecular complexity index is 846. The van der Waals surface area contributed by atoms with E-state index in [0.717, 1.165) is 42.7 Å². The lowest BCUT2D eigenvalue weighted by Gasteiger charge is -2.35. The van der Waals surface area contributed by atoms with E-state index in [2.05, 4.69) is 24.8 Å². The minimum Gasteiger partial charge on any atom is -0.464 e. The van der Waals surface area contributed by atoms with E-state index in [4.69, 9.17) is 4.42 Å². The highest BCUT2D eigenvalue weighted by Crippen LogP contribution is 2.25. The van der Waals surface area contributed by atoms with Gasteiger partial charge in [0, 0.05) is 50.2 Å². The quantitative estimate of drug-likeness (QED) is 0.767. The topological polar surface area (TPSA) is 57.0 Å². The molecule has 0 radical (unpaired) electrons. The van der Waals surface area contributed by atoms with Gasteiger partial charge < -0.3 is 14.2 Å². The molecule has 0 aliphatic carbocycles. The first-order chi connectivity index (χ1) is 13.4. The Morgan fingerprint density at radius 1 is 1.04 bits per heavy atom. The van der Waals surface area contributed by atoms with Crippen LogP contribution in [0.25, 0.3) is 11.0 Å². The number of carbonyl (C=O) groups is 2. The van der Waals surface area contributed by atoms with E-state index in [0.29, 0.717) is 26.1 Å². The summed E-state index contributed by atoms with van der Waals surface area (Å²) in [5, 5.41) is 1.03. The van der Waals surface area contributed by atoms with Gasteiger partial charge in [-0.2, -0.15) is 0 Å². The number of carbonyl (C=O) groups excluding carboxylic acids is 2. The third-order valence-electron chi connectivity index (χ3n) is 5.81. The number of hydrogen-bond donors (Lipinski definition) is 0. The average Bonchev–Trinajstić information content (AvgIpc) is 3.05. The largest absolute Gasteiger partial charge is 0.464 e. The Morgan fingerprint density at radius 2 is 1.68 bits per heavy atom. The Kier molecular flexibility index (Phi) is 6.39. The molecule has 0 saturated carbocycles. The fourth-order valence-electron chi connectivity index (χ4n) is 3.77. The van der Waals surface area contributed by atoms with Crippen molar-refractivity contribution in [2.45, 2.75) is 34.1 Å². The van der Waals surface area contributed by atoms with Crippen molar-refractivity contribution in [2.24, 2.45) is 0 Å². The fourth-order valence-corrected chi connectivity index (χ4v) is 3.77. The molecule has 2 aromatic rings. The van der Waals surface area contributed by atoms with Crippen LogP contribution >= 0.6 is 0 Å². The zero-order valence-corrected chi connectivity index (χ0v) is 17.5. The summed E-state index contributed by atoms with van der Waals surface area (Å²) in [6.45, 7) is 12.9. The van der Waals surface area contributed by atoms with Crippen molar-refractivity contribution >= 4 is 22.8 Å². The molecule has 28 heavy (non-hydrogen) atoms. The Morgan fingerprint density at radius 3 is 2.32 bits per heavy atom. The van der Waals surface area contributed by atoms with E-state index in [9.17, 15) is 9.59 Å². The maximum Gasteiger partial charge on any atom is 0.236 e. The first-order valence-electron chi connectivity index (χ1n) is 10.2. The molecule has 6 nitrogen and oxygen atoms in total. The van der Waals surface area contributed by atoms with E-state index in [1.165, 1.54) is 11.1 Å². The minimum atomic E-state index is 0.121. The van der Waals surface area contributed by atoms with Crippen molar-refractivity contribution < 1.29 is 14.0 Å². The lowest BCUT2D eigenvalue weighted by molar-refractivity contribution is -0.134. The highest BCUT2D eigenvalue weighted by Gasteiger charge is 2.24. The number of nitrogens with zero attached hydrogens (tertiary/aromatic N) is 3. The summed E-state index contributed by atoms with van der Waals surface area (Å²) in [5.74, 6) is 0.288. The fraction of sp³-hybridized carbons (Fsp3) is 0.545. The Hall–Kier alpha value is -2.34. The molecule has 0 unspecified atom stereocenters. The van der Waals surface area contributed by atoms with Crippen molar-refractivity contribution in [1.29, 1.82) is 0 Å². The van der Waals surface area contributed by atoms with Crippen LogP contribution in [-0.2, 0) is 16.0 Å². The van der Waals surface area contributed by atoms with E-state index >= 15 is 0 Å².